The van der Waals surface area contributed by atoms with Crippen molar-refractivity contribution in [1.82, 2.24) is 0 Å². The predicted molar refractivity (Wildman–Crippen MR) is 95.3 cm³/mol. The zero-order chi connectivity index (χ0) is 18.6. The second-order valence-corrected chi connectivity index (χ2v) is 6.68. The standard InChI is InChI=1S/C21H18O5/c1-3-10-7-8-11-13(9-10)20(24)16-17(18(11)22)21(25)15-12(19(16)23)5-4-6-14(15)26-2/h3-6,10,22,24H,1,7-9H2,2H3. The summed E-state index contributed by atoms with van der Waals surface area (Å²) in [6.07, 6.45) is 3.58. The third-order valence-corrected chi connectivity index (χ3v) is 5.40. The van der Waals surface area contributed by atoms with E-state index < -0.39 is 11.6 Å². The Balaban J connectivity index is 2.02. The molecule has 4 rings (SSSR count). The molecule has 5 nitrogen and oxygen atoms in total. The van der Waals surface area contributed by atoms with E-state index in [0.717, 1.165) is 6.42 Å². The molecule has 5 heteroatoms. The van der Waals surface area contributed by atoms with Crippen LogP contribution in [-0.4, -0.2) is 28.9 Å². The van der Waals surface area contributed by atoms with Gasteiger partial charge in [0.1, 0.15) is 17.2 Å². The van der Waals surface area contributed by atoms with Crippen molar-refractivity contribution in [2.45, 2.75) is 19.3 Å². The van der Waals surface area contributed by atoms with E-state index in [2.05, 4.69) is 6.58 Å². The van der Waals surface area contributed by atoms with Gasteiger partial charge in [-0.25, -0.2) is 0 Å². The highest BCUT2D eigenvalue weighted by Gasteiger charge is 2.40. The lowest BCUT2D eigenvalue weighted by Gasteiger charge is -2.28. The molecule has 0 fully saturated rings. The lowest BCUT2D eigenvalue weighted by atomic mass is 9.75. The van der Waals surface area contributed by atoms with E-state index in [1.807, 2.05) is 6.08 Å². The molecule has 0 heterocycles. The molecule has 0 aromatic heterocycles. The zero-order valence-corrected chi connectivity index (χ0v) is 14.3. The van der Waals surface area contributed by atoms with Gasteiger partial charge in [0, 0.05) is 16.7 Å². The topological polar surface area (TPSA) is 83.8 Å². The van der Waals surface area contributed by atoms with Crippen LogP contribution >= 0.6 is 0 Å². The van der Waals surface area contributed by atoms with Crippen LogP contribution in [0.25, 0.3) is 0 Å². The monoisotopic (exact) mass is 350 g/mol. The predicted octanol–water partition coefficient (Wildman–Crippen LogP) is 3.17. The summed E-state index contributed by atoms with van der Waals surface area (Å²) in [6.45, 7) is 3.79. The highest BCUT2D eigenvalue weighted by Crippen LogP contribution is 2.47. The molecular weight excluding hydrogens is 332 g/mol. The largest absolute Gasteiger partial charge is 0.507 e. The number of hydrogen-bond donors (Lipinski definition) is 2. The molecule has 0 spiro atoms. The lowest BCUT2D eigenvalue weighted by Crippen LogP contribution is -2.24. The first-order valence-electron chi connectivity index (χ1n) is 8.48. The van der Waals surface area contributed by atoms with Crippen molar-refractivity contribution in [3.8, 4) is 17.2 Å². The van der Waals surface area contributed by atoms with Crippen molar-refractivity contribution in [3.63, 3.8) is 0 Å². The molecule has 0 radical (unpaired) electrons. The maximum absolute atomic E-state index is 13.1. The lowest BCUT2D eigenvalue weighted by molar-refractivity contribution is 0.0971. The van der Waals surface area contributed by atoms with E-state index in [1.54, 1.807) is 12.1 Å². The van der Waals surface area contributed by atoms with Crippen molar-refractivity contribution in [1.29, 1.82) is 0 Å². The van der Waals surface area contributed by atoms with Crippen LogP contribution in [0.15, 0.2) is 30.9 Å². The van der Waals surface area contributed by atoms with Crippen LogP contribution in [0.4, 0.5) is 0 Å². The van der Waals surface area contributed by atoms with Crippen molar-refractivity contribution in [3.05, 3.63) is 64.2 Å². The van der Waals surface area contributed by atoms with Gasteiger partial charge in [-0.15, -0.1) is 6.58 Å². The fourth-order valence-corrected chi connectivity index (χ4v) is 4.04. The number of rotatable bonds is 2. The Bertz CT molecular complexity index is 987. The molecule has 2 aromatic rings. The number of phenolic OH excluding ortho intramolecular Hbond substituents is 2. The highest BCUT2D eigenvalue weighted by molar-refractivity contribution is 6.31. The Kier molecular flexibility index (Phi) is 3.61. The third-order valence-electron chi connectivity index (χ3n) is 5.40. The van der Waals surface area contributed by atoms with Crippen LogP contribution in [0.3, 0.4) is 0 Å². The first kappa shape index (κ1) is 16.4. The van der Waals surface area contributed by atoms with Gasteiger partial charge < -0.3 is 14.9 Å². The molecule has 2 aromatic carbocycles. The molecule has 0 amide bonds. The second-order valence-electron chi connectivity index (χ2n) is 6.68. The Labute approximate surface area is 150 Å². The SMILES string of the molecule is C=CC1CCc2c(O)c3c(c(O)c2C1)C(=O)c1cccc(OC)c1C3=O. The van der Waals surface area contributed by atoms with E-state index in [0.29, 0.717) is 24.0 Å². The molecule has 2 N–H and O–H groups in total. The van der Waals surface area contributed by atoms with Gasteiger partial charge >= 0.3 is 0 Å². The van der Waals surface area contributed by atoms with Crippen molar-refractivity contribution in [2.75, 3.05) is 7.11 Å². The number of fused-ring (bicyclic) bond motifs is 3. The quantitative estimate of drug-likeness (QED) is 0.548. The van der Waals surface area contributed by atoms with Crippen LogP contribution in [-0.2, 0) is 12.8 Å². The van der Waals surface area contributed by atoms with Crippen molar-refractivity contribution >= 4 is 11.6 Å². The number of benzene rings is 2. The number of ether oxygens (including phenoxy) is 1. The summed E-state index contributed by atoms with van der Waals surface area (Å²) in [5.41, 5.74) is 1.13. The third kappa shape index (κ3) is 2.03. The van der Waals surface area contributed by atoms with E-state index in [4.69, 9.17) is 4.74 Å². The molecule has 0 saturated heterocycles. The van der Waals surface area contributed by atoms with Crippen LogP contribution in [0.1, 0.15) is 49.4 Å². The minimum atomic E-state index is -0.506. The second kappa shape index (κ2) is 5.73. The van der Waals surface area contributed by atoms with E-state index in [9.17, 15) is 19.8 Å². The van der Waals surface area contributed by atoms with Gasteiger partial charge in [0.05, 0.1) is 23.8 Å². The summed E-state index contributed by atoms with van der Waals surface area (Å²) in [4.78, 5) is 26.1. The van der Waals surface area contributed by atoms with Crippen LogP contribution in [0.5, 0.6) is 17.2 Å². The van der Waals surface area contributed by atoms with Crippen LogP contribution < -0.4 is 4.74 Å². The van der Waals surface area contributed by atoms with Crippen molar-refractivity contribution in [2.24, 2.45) is 5.92 Å². The summed E-state index contributed by atoms with van der Waals surface area (Å²) in [5.74, 6) is -0.961. The van der Waals surface area contributed by atoms with Crippen LogP contribution in [0.2, 0.25) is 0 Å². The smallest absolute Gasteiger partial charge is 0.202 e. The summed E-state index contributed by atoms with van der Waals surface area (Å²) in [7, 11) is 1.42. The number of ketones is 2. The highest BCUT2D eigenvalue weighted by atomic mass is 16.5. The average molecular weight is 350 g/mol. The summed E-state index contributed by atoms with van der Waals surface area (Å²) in [6, 6.07) is 4.75. The van der Waals surface area contributed by atoms with Gasteiger partial charge in [-0.1, -0.05) is 18.2 Å². The Morgan fingerprint density at radius 1 is 1.08 bits per heavy atom. The number of methoxy groups -OCH3 is 1. The number of carbonyl (C=O) groups excluding carboxylic acids is 2. The normalized spacial score (nSPS) is 18.0. The Morgan fingerprint density at radius 3 is 2.46 bits per heavy atom. The summed E-state index contributed by atoms with van der Waals surface area (Å²) in [5, 5.41) is 21.6. The molecule has 1 atom stereocenters. The average Bonchev–Trinajstić information content (AvgIpc) is 2.67. The first-order valence-corrected chi connectivity index (χ1v) is 8.48. The fraction of sp³-hybridized carbons (Fsp3) is 0.238. The number of aromatic hydroxyl groups is 2. The molecule has 1 unspecified atom stereocenters. The number of carbonyl (C=O) groups is 2. The van der Waals surface area contributed by atoms with E-state index >= 15 is 0 Å². The molecule has 26 heavy (non-hydrogen) atoms. The maximum atomic E-state index is 13.1. The molecule has 0 aliphatic heterocycles. The van der Waals surface area contributed by atoms with E-state index in [-0.39, 0.29) is 45.4 Å². The summed E-state index contributed by atoms with van der Waals surface area (Å²) >= 11 is 0. The van der Waals surface area contributed by atoms with Gasteiger partial charge in [-0.2, -0.15) is 0 Å². The van der Waals surface area contributed by atoms with Gasteiger partial charge in [0.25, 0.3) is 0 Å². The molecule has 132 valence electrons. The summed E-state index contributed by atoms with van der Waals surface area (Å²) < 4.78 is 5.23. The number of phenols is 2. The molecule has 0 saturated carbocycles. The van der Waals surface area contributed by atoms with Crippen LogP contribution in [0, 0.1) is 5.92 Å². The molecule has 0 bridgehead atoms. The molecule has 2 aliphatic carbocycles. The first-order chi connectivity index (χ1) is 12.5. The van der Waals surface area contributed by atoms with Crippen molar-refractivity contribution < 1.29 is 24.5 Å². The van der Waals surface area contributed by atoms with Gasteiger partial charge in [0.15, 0.2) is 5.78 Å². The van der Waals surface area contributed by atoms with Gasteiger partial charge in [-0.3, -0.25) is 9.59 Å². The molecular formula is C21H18O5. The minimum Gasteiger partial charge on any atom is -0.507 e. The maximum Gasteiger partial charge on any atom is 0.202 e. The molecule has 2 aliphatic rings. The van der Waals surface area contributed by atoms with E-state index in [1.165, 1.54) is 13.2 Å². The zero-order valence-electron chi connectivity index (χ0n) is 14.3. The minimum absolute atomic E-state index is 0.114. The Hall–Kier alpha value is -3.08. The van der Waals surface area contributed by atoms with Gasteiger partial charge in [-0.05, 0) is 31.2 Å². The van der Waals surface area contributed by atoms with Gasteiger partial charge in [0.2, 0.25) is 5.78 Å². The fourth-order valence-electron chi connectivity index (χ4n) is 4.04. The Morgan fingerprint density at radius 2 is 1.77 bits per heavy atom. The number of hydrogen-bond acceptors (Lipinski definition) is 5. The number of allylic oxidation sites excluding steroid dienone is 1.